The largest absolute Gasteiger partial charge is 1.00 e. The summed E-state index contributed by atoms with van der Waals surface area (Å²) in [5.74, 6) is -3.13. The molecule has 0 aliphatic carbocycles. The minimum Gasteiger partial charge on any atom is -0.550 e. The maximum atomic E-state index is 12.7. The van der Waals surface area contributed by atoms with E-state index >= 15 is 0 Å². The van der Waals surface area contributed by atoms with Crippen molar-refractivity contribution in [2.24, 2.45) is 0 Å². The standard InChI is InChI=1S/C17H13NO6.2Na/c1-7-3-8(2)15-10(4-7)14(21)11-5-9(17(22)23)12(6-13(19)20)18-16(11)24-15;;/h3-5H,6H2,1-2H3,(H,19,20)(H,22,23);;/q;2*+1/p-2. The van der Waals surface area contributed by atoms with E-state index in [2.05, 4.69) is 4.98 Å². The number of pyridine rings is 1. The summed E-state index contributed by atoms with van der Waals surface area (Å²) < 4.78 is 5.63. The van der Waals surface area contributed by atoms with Crippen molar-refractivity contribution in [3.8, 4) is 0 Å². The molecular formula is C17H11NNa2O6. The number of nitrogens with zero attached hydrogens (tertiary/aromatic N) is 1. The van der Waals surface area contributed by atoms with E-state index in [-0.39, 0.29) is 75.9 Å². The van der Waals surface area contributed by atoms with Crippen molar-refractivity contribution in [2.75, 3.05) is 0 Å². The van der Waals surface area contributed by atoms with Crippen molar-refractivity contribution in [3.05, 3.63) is 50.8 Å². The first-order chi connectivity index (χ1) is 11.3. The van der Waals surface area contributed by atoms with Gasteiger partial charge in [-0.3, -0.25) is 4.79 Å². The molecule has 0 atom stereocenters. The number of carbonyl (C=O) groups excluding carboxylic acids is 2. The topological polar surface area (TPSA) is 123 Å². The maximum absolute atomic E-state index is 12.7. The summed E-state index contributed by atoms with van der Waals surface area (Å²) >= 11 is 0. The second-order valence-corrected chi connectivity index (χ2v) is 5.56. The van der Waals surface area contributed by atoms with Gasteiger partial charge in [-0.2, -0.15) is 0 Å². The Labute approximate surface area is 192 Å². The zero-order valence-corrected chi connectivity index (χ0v) is 18.8. The molecule has 0 radical (unpaired) electrons. The normalized spacial score (nSPS) is 10.2. The summed E-state index contributed by atoms with van der Waals surface area (Å²) in [7, 11) is 0. The van der Waals surface area contributed by atoms with Crippen molar-refractivity contribution in [1.82, 2.24) is 4.98 Å². The summed E-state index contributed by atoms with van der Waals surface area (Å²) in [4.78, 5) is 38.6. The van der Waals surface area contributed by atoms with Crippen LogP contribution in [0.2, 0.25) is 0 Å². The molecule has 7 nitrogen and oxygen atoms in total. The first-order valence-electron chi connectivity index (χ1n) is 7.07. The average Bonchev–Trinajstić information content (AvgIpc) is 2.47. The van der Waals surface area contributed by atoms with Gasteiger partial charge in [0.15, 0.2) is 0 Å². The molecular weight excluding hydrogens is 360 g/mol. The first-order valence-corrected chi connectivity index (χ1v) is 7.07. The van der Waals surface area contributed by atoms with Crippen LogP contribution in [0.3, 0.4) is 0 Å². The van der Waals surface area contributed by atoms with Crippen LogP contribution in [0.1, 0.15) is 27.2 Å². The Morgan fingerprint density at radius 1 is 1.08 bits per heavy atom. The van der Waals surface area contributed by atoms with Crippen LogP contribution in [0.5, 0.6) is 0 Å². The van der Waals surface area contributed by atoms with E-state index in [0.29, 0.717) is 11.0 Å². The Morgan fingerprint density at radius 3 is 2.31 bits per heavy atom. The van der Waals surface area contributed by atoms with E-state index < -0.39 is 29.4 Å². The molecule has 0 amide bonds. The number of hydrogen-bond donors (Lipinski definition) is 0. The number of hydrogen-bond acceptors (Lipinski definition) is 7. The molecule has 26 heavy (non-hydrogen) atoms. The van der Waals surface area contributed by atoms with Gasteiger partial charge in [-0.05, 0) is 37.1 Å². The number of aromatic nitrogens is 1. The Balaban J connectivity index is 0.00000169. The Bertz CT molecular complexity index is 1090. The molecule has 2 aromatic heterocycles. The fraction of sp³-hybridized carbons (Fsp3) is 0.176. The molecule has 9 heteroatoms. The molecule has 3 aromatic rings. The van der Waals surface area contributed by atoms with Crippen molar-refractivity contribution < 1.29 is 83.3 Å². The van der Waals surface area contributed by atoms with Crippen LogP contribution >= 0.6 is 0 Å². The Hall–Kier alpha value is -1.22. The van der Waals surface area contributed by atoms with Crippen LogP contribution in [0.25, 0.3) is 22.1 Å². The molecule has 0 N–H and O–H groups in total. The SMILES string of the molecule is Cc1cc(C)c2oc3nc(CC(=O)[O-])c(C(=O)[O-])cc3c(=O)c2c1.[Na+].[Na+]. The molecule has 0 saturated carbocycles. The predicted octanol–water partition coefficient (Wildman–Crippen LogP) is -6.38. The molecule has 0 aliphatic heterocycles. The summed E-state index contributed by atoms with van der Waals surface area (Å²) in [5, 5.41) is 22.3. The monoisotopic (exact) mass is 371 g/mol. The third-order valence-electron chi connectivity index (χ3n) is 3.71. The summed E-state index contributed by atoms with van der Waals surface area (Å²) in [6.45, 7) is 3.59. The molecule has 0 spiro atoms. The van der Waals surface area contributed by atoms with Gasteiger partial charge in [-0.1, -0.05) is 6.07 Å². The van der Waals surface area contributed by atoms with E-state index in [1.807, 2.05) is 13.0 Å². The molecule has 1 aromatic carbocycles. The van der Waals surface area contributed by atoms with Gasteiger partial charge in [0.05, 0.1) is 22.4 Å². The van der Waals surface area contributed by atoms with Gasteiger partial charge < -0.3 is 24.2 Å². The van der Waals surface area contributed by atoms with E-state index in [0.717, 1.165) is 17.2 Å². The van der Waals surface area contributed by atoms with Crippen molar-refractivity contribution in [1.29, 1.82) is 0 Å². The predicted molar refractivity (Wildman–Crippen MR) is 80.3 cm³/mol. The molecule has 0 aliphatic rings. The van der Waals surface area contributed by atoms with E-state index in [4.69, 9.17) is 4.42 Å². The second kappa shape index (κ2) is 8.65. The van der Waals surface area contributed by atoms with Crippen LogP contribution in [0, 0.1) is 13.8 Å². The van der Waals surface area contributed by atoms with Crippen LogP contribution in [-0.4, -0.2) is 16.9 Å². The van der Waals surface area contributed by atoms with Crippen LogP contribution in [0.15, 0.2) is 27.4 Å². The smallest absolute Gasteiger partial charge is 0.550 e. The number of rotatable bonds is 3. The van der Waals surface area contributed by atoms with Gasteiger partial charge in [0, 0.05) is 18.0 Å². The van der Waals surface area contributed by atoms with Crippen molar-refractivity contribution in [2.45, 2.75) is 20.3 Å². The first kappa shape index (κ1) is 22.8. The molecule has 2 heterocycles. The van der Waals surface area contributed by atoms with Gasteiger partial charge >= 0.3 is 59.1 Å². The fourth-order valence-corrected chi connectivity index (χ4v) is 2.72. The quantitative estimate of drug-likeness (QED) is 0.331. The summed E-state index contributed by atoms with van der Waals surface area (Å²) in [6.07, 6.45) is -0.728. The third-order valence-corrected chi connectivity index (χ3v) is 3.71. The van der Waals surface area contributed by atoms with Gasteiger partial charge in [-0.15, -0.1) is 0 Å². The van der Waals surface area contributed by atoms with Crippen molar-refractivity contribution in [3.63, 3.8) is 0 Å². The van der Waals surface area contributed by atoms with E-state index in [9.17, 15) is 24.6 Å². The van der Waals surface area contributed by atoms with Gasteiger partial charge in [0.25, 0.3) is 0 Å². The van der Waals surface area contributed by atoms with Crippen LogP contribution in [-0.2, 0) is 11.2 Å². The van der Waals surface area contributed by atoms with Gasteiger partial charge in [0.2, 0.25) is 11.1 Å². The van der Waals surface area contributed by atoms with Crippen LogP contribution in [0.4, 0.5) is 0 Å². The molecule has 122 valence electrons. The number of carboxylic acid groups (broad SMARTS) is 2. The second-order valence-electron chi connectivity index (χ2n) is 5.56. The Kier molecular flexibility index (Phi) is 7.59. The number of aryl methyl sites for hydroxylation is 2. The minimum atomic E-state index is -1.62. The molecule has 0 fully saturated rings. The zero-order valence-electron chi connectivity index (χ0n) is 14.8. The molecule has 0 unspecified atom stereocenters. The fourth-order valence-electron chi connectivity index (χ4n) is 2.72. The Morgan fingerprint density at radius 2 is 1.73 bits per heavy atom. The number of fused-ring (bicyclic) bond motifs is 2. The molecule has 0 bridgehead atoms. The van der Waals surface area contributed by atoms with Crippen LogP contribution < -0.4 is 74.8 Å². The number of aliphatic carboxylic acids is 1. The number of benzene rings is 1. The molecule has 3 rings (SSSR count). The number of carboxylic acids is 2. The summed E-state index contributed by atoms with van der Waals surface area (Å²) in [5.41, 5.74) is 0.585. The zero-order chi connectivity index (χ0) is 17.6. The van der Waals surface area contributed by atoms with Gasteiger partial charge in [-0.25, -0.2) is 4.98 Å². The van der Waals surface area contributed by atoms with E-state index in [1.54, 1.807) is 13.0 Å². The number of aromatic carboxylic acids is 1. The molecule has 0 saturated heterocycles. The van der Waals surface area contributed by atoms with Crippen molar-refractivity contribution >= 4 is 34.0 Å². The van der Waals surface area contributed by atoms with Gasteiger partial charge in [0.1, 0.15) is 5.58 Å². The third kappa shape index (κ3) is 4.19. The maximum Gasteiger partial charge on any atom is 1.00 e. The summed E-state index contributed by atoms with van der Waals surface area (Å²) in [6, 6.07) is 4.51. The van der Waals surface area contributed by atoms with E-state index in [1.165, 1.54) is 0 Å². The average molecular weight is 371 g/mol. The number of carbonyl (C=O) groups is 2. The minimum absolute atomic E-state index is 0.